The van der Waals surface area contributed by atoms with Crippen molar-refractivity contribution in [3.05, 3.63) is 23.8 Å². The van der Waals surface area contributed by atoms with Crippen LogP contribution < -0.4 is 15.4 Å². The van der Waals surface area contributed by atoms with Gasteiger partial charge in [0.2, 0.25) is 0 Å². The van der Waals surface area contributed by atoms with Gasteiger partial charge in [0.15, 0.2) is 0 Å². The highest BCUT2D eigenvalue weighted by Crippen LogP contribution is 2.26. The molecule has 24 heavy (non-hydrogen) atoms. The zero-order chi connectivity index (χ0) is 17.5. The van der Waals surface area contributed by atoms with E-state index in [1.54, 1.807) is 23.1 Å². The van der Waals surface area contributed by atoms with E-state index in [9.17, 15) is 9.59 Å². The molecule has 0 aromatic heterocycles. The van der Waals surface area contributed by atoms with Gasteiger partial charge in [-0.05, 0) is 31.5 Å². The van der Waals surface area contributed by atoms with Crippen LogP contribution in [0.5, 0.6) is 5.75 Å². The zero-order valence-corrected chi connectivity index (χ0v) is 14.4. The summed E-state index contributed by atoms with van der Waals surface area (Å²) in [6, 6.07) is 4.78. The summed E-state index contributed by atoms with van der Waals surface area (Å²) in [6.07, 6.45) is 0.833. The Labute approximate surface area is 142 Å². The minimum absolute atomic E-state index is 0.0640. The van der Waals surface area contributed by atoms with Gasteiger partial charge in [-0.2, -0.15) is 0 Å². The first-order valence-electron chi connectivity index (χ1n) is 8.17. The lowest BCUT2D eigenvalue weighted by Gasteiger charge is -2.27. The van der Waals surface area contributed by atoms with E-state index in [-0.39, 0.29) is 18.0 Å². The van der Waals surface area contributed by atoms with Crippen molar-refractivity contribution < 1.29 is 19.1 Å². The summed E-state index contributed by atoms with van der Waals surface area (Å²) < 4.78 is 10.5. The van der Waals surface area contributed by atoms with Crippen molar-refractivity contribution in [1.29, 1.82) is 0 Å². The maximum atomic E-state index is 12.6. The summed E-state index contributed by atoms with van der Waals surface area (Å²) in [7, 11) is 1.52. The average molecular weight is 335 g/mol. The molecule has 0 aliphatic carbocycles. The van der Waals surface area contributed by atoms with Crippen LogP contribution in [-0.2, 0) is 4.74 Å². The number of morpholine rings is 1. The normalized spacial score (nSPS) is 15.5. The molecule has 0 unspecified atom stereocenters. The molecule has 1 aromatic carbocycles. The molecule has 1 aliphatic rings. The Kier molecular flexibility index (Phi) is 6.43. The molecule has 7 heteroatoms. The molecular formula is C17H25N3O4. The number of nitrogens with one attached hydrogen (secondary N) is 2. The number of hydrogen-bond donors (Lipinski definition) is 2. The van der Waals surface area contributed by atoms with Crippen molar-refractivity contribution in [2.45, 2.75) is 26.3 Å². The van der Waals surface area contributed by atoms with Gasteiger partial charge in [0.1, 0.15) is 5.75 Å². The summed E-state index contributed by atoms with van der Waals surface area (Å²) in [6.45, 7) is 6.15. The van der Waals surface area contributed by atoms with Crippen molar-refractivity contribution >= 4 is 17.6 Å². The van der Waals surface area contributed by atoms with Gasteiger partial charge in [0.25, 0.3) is 5.91 Å². The van der Waals surface area contributed by atoms with E-state index in [0.29, 0.717) is 43.3 Å². The van der Waals surface area contributed by atoms with Gasteiger partial charge in [-0.3, -0.25) is 4.79 Å². The highest BCUT2D eigenvalue weighted by Gasteiger charge is 2.20. The lowest BCUT2D eigenvalue weighted by molar-refractivity contribution is 0.0303. The SMILES string of the molecule is CC[C@H](C)NC(=O)Nc1cc(C(=O)N2CCOCC2)ccc1OC. The van der Waals surface area contributed by atoms with Crippen LogP contribution in [0, 0.1) is 0 Å². The van der Waals surface area contributed by atoms with Gasteiger partial charge in [-0.25, -0.2) is 4.79 Å². The van der Waals surface area contributed by atoms with E-state index >= 15 is 0 Å². The summed E-state index contributed by atoms with van der Waals surface area (Å²) in [5.74, 6) is 0.430. The maximum absolute atomic E-state index is 12.6. The quantitative estimate of drug-likeness (QED) is 0.863. The fraction of sp³-hybridized carbons (Fsp3) is 0.529. The van der Waals surface area contributed by atoms with Gasteiger partial charge >= 0.3 is 6.03 Å². The van der Waals surface area contributed by atoms with Gasteiger partial charge in [0, 0.05) is 24.7 Å². The van der Waals surface area contributed by atoms with E-state index in [0.717, 1.165) is 6.42 Å². The average Bonchev–Trinajstić information content (AvgIpc) is 2.61. The highest BCUT2D eigenvalue weighted by molar-refractivity contribution is 5.98. The van der Waals surface area contributed by atoms with Crippen LogP contribution in [-0.4, -0.2) is 56.3 Å². The molecule has 1 atom stereocenters. The lowest BCUT2D eigenvalue weighted by atomic mass is 10.1. The first kappa shape index (κ1) is 18.1. The van der Waals surface area contributed by atoms with Gasteiger partial charge in [0.05, 0.1) is 26.0 Å². The van der Waals surface area contributed by atoms with Crippen molar-refractivity contribution in [3.8, 4) is 5.75 Å². The van der Waals surface area contributed by atoms with Crippen LogP contribution >= 0.6 is 0 Å². The number of nitrogens with zero attached hydrogens (tertiary/aromatic N) is 1. The molecule has 7 nitrogen and oxygen atoms in total. The number of methoxy groups -OCH3 is 1. The van der Waals surface area contributed by atoms with Crippen LogP contribution in [0.3, 0.4) is 0 Å². The predicted octanol–water partition coefficient (Wildman–Crippen LogP) is 2.09. The molecule has 1 fully saturated rings. The Morgan fingerprint density at radius 2 is 2.04 bits per heavy atom. The number of benzene rings is 1. The molecule has 3 amide bonds. The van der Waals surface area contributed by atoms with E-state index in [1.165, 1.54) is 7.11 Å². The first-order valence-corrected chi connectivity index (χ1v) is 8.17. The number of carbonyl (C=O) groups excluding carboxylic acids is 2. The lowest BCUT2D eigenvalue weighted by Crippen LogP contribution is -2.40. The number of amides is 3. The van der Waals surface area contributed by atoms with Crippen molar-refractivity contribution in [2.75, 3.05) is 38.7 Å². The predicted molar refractivity (Wildman–Crippen MR) is 91.6 cm³/mol. The van der Waals surface area contributed by atoms with Crippen molar-refractivity contribution in [1.82, 2.24) is 10.2 Å². The summed E-state index contributed by atoms with van der Waals surface area (Å²) in [5.41, 5.74) is 0.981. The second-order valence-electron chi connectivity index (χ2n) is 5.73. The molecule has 2 rings (SSSR count). The van der Waals surface area contributed by atoms with Crippen LogP contribution in [0.15, 0.2) is 18.2 Å². The zero-order valence-electron chi connectivity index (χ0n) is 14.4. The van der Waals surface area contributed by atoms with Crippen LogP contribution in [0.1, 0.15) is 30.6 Å². The maximum Gasteiger partial charge on any atom is 0.319 e. The van der Waals surface area contributed by atoms with E-state index in [2.05, 4.69) is 10.6 Å². The Morgan fingerprint density at radius 3 is 2.67 bits per heavy atom. The van der Waals surface area contributed by atoms with E-state index in [1.807, 2.05) is 13.8 Å². The minimum Gasteiger partial charge on any atom is -0.495 e. The smallest absolute Gasteiger partial charge is 0.319 e. The van der Waals surface area contributed by atoms with Gasteiger partial charge in [-0.15, -0.1) is 0 Å². The molecule has 1 aromatic rings. The number of carbonyl (C=O) groups is 2. The van der Waals surface area contributed by atoms with E-state index in [4.69, 9.17) is 9.47 Å². The third kappa shape index (κ3) is 4.61. The summed E-state index contributed by atoms with van der Waals surface area (Å²) in [4.78, 5) is 26.4. The Hall–Kier alpha value is -2.28. The molecule has 0 saturated carbocycles. The fourth-order valence-electron chi connectivity index (χ4n) is 2.37. The summed E-state index contributed by atoms with van der Waals surface area (Å²) in [5, 5.41) is 5.58. The molecule has 0 bridgehead atoms. The topological polar surface area (TPSA) is 79.9 Å². The molecule has 0 radical (unpaired) electrons. The van der Waals surface area contributed by atoms with Crippen molar-refractivity contribution in [2.24, 2.45) is 0 Å². The molecule has 1 saturated heterocycles. The number of ether oxygens (including phenoxy) is 2. The Bertz CT molecular complexity index is 585. The van der Waals surface area contributed by atoms with Crippen LogP contribution in [0.2, 0.25) is 0 Å². The van der Waals surface area contributed by atoms with Gasteiger partial charge in [-0.1, -0.05) is 6.92 Å². The minimum atomic E-state index is -0.321. The fourth-order valence-corrected chi connectivity index (χ4v) is 2.37. The molecule has 132 valence electrons. The van der Waals surface area contributed by atoms with Crippen LogP contribution in [0.25, 0.3) is 0 Å². The molecule has 0 spiro atoms. The second kappa shape index (κ2) is 8.54. The van der Waals surface area contributed by atoms with Crippen molar-refractivity contribution in [3.63, 3.8) is 0 Å². The molecular weight excluding hydrogens is 310 g/mol. The monoisotopic (exact) mass is 335 g/mol. The van der Waals surface area contributed by atoms with Gasteiger partial charge < -0.3 is 25.0 Å². The Balaban J connectivity index is 2.14. The van der Waals surface area contributed by atoms with Crippen LogP contribution in [0.4, 0.5) is 10.5 Å². The largest absolute Gasteiger partial charge is 0.495 e. The number of hydrogen-bond acceptors (Lipinski definition) is 4. The number of anilines is 1. The third-order valence-electron chi connectivity index (χ3n) is 3.98. The van der Waals surface area contributed by atoms with E-state index < -0.39 is 0 Å². The molecule has 2 N–H and O–H groups in total. The Morgan fingerprint density at radius 1 is 1.33 bits per heavy atom. The molecule has 1 heterocycles. The number of rotatable bonds is 5. The summed E-state index contributed by atoms with van der Waals surface area (Å²) >= 11 is 0. The highest BCUT2D eigenvalue weighted by atomic mass is 16.5. The first-order chi connectivity index (χ1) is 11.5. The standard InChI is InChI=1S/C17H25N3O4/c1-4-12(2)18-17(22)19-14-11-13(5-6-15(14)23-3)16(21)20-7-9-24-10-8-20/h5-6,11-12H,4,7-10H2,1-3H3,(H2,18,19,22)/t12-/m0/s1. The second-order valence-corrected chi connectivity index (χ2v) is 5.73. The molecule has 1 aliphatic heterocycles. The number of urea groups is 1. The third-order valence-corrected chi connectivity index (χ3v) is 3.98.